The maximum absolute atomic E-state index is 12.8. The lowest BCUT2D eigenvalue weighted by molar-refractivity contribution is 0.0303. The summed E-state index contributed by atoms with van der Waals surface area (Å²) in [6, 6.07) is 20.8. The quantitative estimate of drug-likeness (QED) is 0.592. The molecule has 3 aromatic rings. The molecule has 2 heterocycles. The number of hydrogen-bond donors (Lipinski definition) is 1. The van der Waals surface area contributed by atoms with Crippen molar-refractivity contribution >= 4 is 34.9 Å². The Labute approximate surface area is 197 Å². The van der Waals surface area contributed by atoms with Gasteiger partial charge in [0, 0.05) is 41.6 Å². The van der Waals surface area contributed by atoms with Crippen LogP contribution < -0.4 is 10.2 Å². The van der Waals surface area contributed by atoms with Gasteiger partial charge in [-0.05, 0) is 71.6 Å². The van der Waals surface area contributed by atoms with E-state index in [0.29, 0.717) is 49.1 Å². The Morgan fingerprint density at radius 1 is 0.848 bits per heavy atom. The van der Waals surface area contributed by atoms with Crippen molar-refractivity contribution < 1.29 is 14.3 Å². The van der Waals surface area contributed by atoms with Crippen molar-refractivity contribution in [2.75, 3.05) is 43.1 Å². The van der Waals surface area contributed by atoms with Crippen molar-refractivity contribution in [3.05, 3.63) is 82.9 Å². The molecule has 1 saturated heterocycles. The minimum absolute atomic E-state index is 0.0427. The van der Waals surface area contributed by atoms with Crippen LogP contribution in [0.1, 0.15) is 15.9 Å². The van der Waals surface area contributed by atoms with Crippen molar-refractivity contribution in [3.63, 3.8) is 0 Å². The summed E-state index contributed by atoms with van der Waals surface area (Å²) in [6.07, 6.45) is 0.796. The lowest BCUT2D eigenvalue weighted by atomic mass is 10.0. The summed E-state index contributed by atoms with van der Waals surface area (Å²) in [7, 11) is 0. The molecule has 7 heteroatoms. The van der Waals surface area contributed by atoms with Crippen molar-refractivity contribution in [1.82, 2.24) is 4.90 Å². The molecule has 0 unspecified atom stereocenters. The number of carbonyl (C=O) groups is 2. The van der Waals surface area contributed by atoms with Crippen LogP contribution >= 0.6 is 11.6 Å². The number of hydrogen-bond acceptors (Lipinski definition) is 3. The minimum Gasteiger partial charge on any atom is -0.378 e. The van der Waals surface area contributed by atoms with Gasteiger partial charge in [-0.2, -0.15) is 0 Å². The molecule has 168 valence electrons. The van der Waals surface area contributed by atoms with E-state index in [9.17, 15) is 9.59 Å². The zero-order valence-corrected chi connectivity index (χ0v) is 18.8. The standard InChI is InChI=1S/C26H24ClN3O3/c27-22-6-8-23(9-7-22)28-26(32)30-12-11-21-17-20(5-10-24(21)30)18-1-3-19(4-2-18)25(31)29-13-15-33-16-14-29/h1-10,17H,11-16H2,(H,28,32). The summed E-state index contributed by atoms with van der Waals surface area (Å²) < 4.78 is 5.33. The second-order valence-corrected chi connectivity index (χ2v) is 8.60. The van der Waals surface area contributed by atoms with E-state index in [2.05, 4.69) is 11.4 Å². The average Bonchev–Trinajstić information content (AvgIpc) is 3.29. The van der Waals surface area contributed by atoms with E-state index in [1.807, 2.05) is 41.3 Å². The molecular weight excluding hydrogens is 438 g/mol. The largest absolute Gasteiger partial charge is 0.378 e. The predicted molar refractivity (Wildman–Crippen MR) is 130 cm³/mol. The molecule has 1 N–H and O–H groups in total. The first-order chi connectivity index (χ1) is 16.1. The Morgan fingerprint density at radius 2 is 1.55 bits per heavy atom. The van der Waals surface area contributed by atoms with Gasteiger partial charge in [0.1, 0.15) is 0 Å². The Hall–Kier alpha value is -3.35. The predicted octanol–water partition coefficient (Wildman–Crippen LogP) is 5.07. The van der Waals surface area contributed by atoms with Gasteiger partial charge >= 0.3 is 6.03 Å². The number of benzene rings is 3. The third kappa shape index (κ3) is 4.58. The van der Waals surface area contributed by atoms with E-state index in [0.717, 1.165) is 28.8 Å². The molecule has 0 saturated carbocycles. The fraction of sp³-hybridized carbons (Fsp3) is 0.231. The van der Waals surface area contributed by atoms with Gasteiger partial charge in [0.25, 0.3) is 5.91 Å². The maximum Gasteiger partial charge on any atom is 0.326 e. The van der Waals surface area contributed by atoms with E-state index in [4.69, 9.17) is 16.3 Å². The van der Waals surface area contributed by atoms with E-state index in [-0.39, 0.29) is 11.9 Å². The molecule has 0 aliphatic carbocycles. The number of ether oxygens (including phenoxy) is 1. The summed E-state index contributed by atoms with van der Waals surface area (Å²) >= 11 is 5.92. The van der Waals surface area contributed by atoms with Gasteiger partial charge < -0.3 is 15.0 Å². The third-order valence-corrected chi connectivity index (χ3v) is 6.33. The van der Waals surface area contributed by atoms with Crippen LogP contribution in [0.15, 0.2) is 66.7 Å². The average molecular weight is 462 g/mol. The van der Waals surface area contributed by atoms with Crippen molar-refractivity contribution in [2.45, 2.75) is 6.42 Å². The maximum atomic E-state index is 12.8. The van der Waals surface area contributed by atoms with E-state index in [1.54, 1.807) is 29.2 Å². The van der Waals surface area contributed by atoms with Crippen LogP contribution in [-0.2, 0) is 11.2 Å². The fourth-order valence-corrected chi connectivity index (χ4v) is 4.40. The highest BCUT2D eigenvalue weighted by atomic mass is 35.5. The Kier molecular flexibility index (Phi) is 6.03. The number of carbonyl (C=O) groups excluding carboxylic acids is 2. The highest BCUT2D eigenvalue weighted by molar-refractivity contribution is 6.30. The number of rotatable bonds is 3. The first kappa shape index (κ1) is 21.5. The Balaban J connectivity index is 1.29. The zero-order valence-electron chi connectivity index (χ0n) is 18.1. The van der Waals surface area contributed by atoms with Gasteiger partial charge in [0.2, 0.25) is 0 Å². The van der Waals surface area contributed by atoms with E-state index >= 15 is 0 Å². The highest BCUT2D eigenvalue weighted by Gasteiger charge is 2.25. The molecule has 2 aliphatic rings. The first-order valence-electron chi connectivity index (χ1n) is 11.0. The first-order valence-corrected chi connectivity index (χ1v) is 11.4. The molecule has 0 bridgehead atoms. The highest BCUT2D eigenvalue weighted by Crippen LogP contribution is 2.33. The summed E-state index contributed by atoms with van der Waals surface area (Å²) in [5.41, 5.74) is 5.56. The smallest absolute Gasteiger partial charge is 0.326 e. The van der Waals surface area contributed by atoms with Gasteiger partial charge in [-0.25, -0.2) is 4.79 Å². The number of amides is 3. The monoisotopic (exact) mass is 461 g/mol. The molecule has 5 rings (SSSR count). The number of halogens is 1. The topological polar surface area (TPSA) is 61.9 Å². The molecule has 0 spiro atoms. The molecule has 1 fully saturated rings. The number of morpholine rings is 1. The van der Waals surface area contributed by atoms with Crippen LogP contribution in [0.2, 0.25) is 5.02 Å². The summed E-state index contributed by atoms with van der Waals surface area (Å²) in [5.74, 6) is 0.0427. The lowest BCUT2D eigenvalue weighted by Crippen LogP contribution is -2.40. The second kappa shape index (κ2) is 9.25. The molecule has 0 atom stereocenters. The number of nitrogens with zero attached hydrogens (tertiary/aromatic N) is 2. The summed E-state index contributed by atoms with van der Waals surface area (Å²) in [5, 5.41) is 3.56. The number of nitrogens with one attached hydrogen (secondary N) is 1. The Morgan fingerprint density at radius 3 is 2.27 bits per heavy atom. The molecule has 2 aliphatic heterocycles. The van der Waals surface area contributed by atoms with Crippen molar-refractivity contribution in [3.8, 4) is 11.1 Å². The molecule has 0 aromatic heterocycles. The number of anilines is 2. The van der Waals surface area contributed by atoms with Crippen LogP contribution in [0.5, 0.6) is 0 Å². The normalized spacial score (nSPS) is 15.3. The molecule has 6 nitrogen and oxygen atoms in total. The Bertz CT molecular complexity index is 1170. The minimum atomic E-state index is -0.158. The number of fused-ring (bicyclic) bond motifs is 1. The van der Waals surface area contributed by atoms with Gasteiger partial charge in [-0.1, -0.05) is 29.8 Å². The fourth-order valence-electron chi connectivity index (χ4n) is 4.27. The van der Waals surface area contributed by atoms with E-state index < -0.39 is 0 Å². The molecule has 3 aromatic carbocycles. The summed E-state index contributed by atoms with van der Waals surface area (Å²) in [6.45, 7) is 3.08. The molecule has 3 amide bonds. The van der Waals surface area contributed by atoms with Gasteiger partial charge in [-0.3, -0.25) is 9.69 Å². The van der Waals surface area contributed by atoms with Crippen LogP contribution in [0.4, 0.5) is 16.2 Å². The van der Waals surface area contributed by atoms with Crippen LogP contribution in [0, 0.1) is 0 Å². The molecular formula is C26H24ClN3O3. The number of urea groups is 1. The van der Waals surface area contributed by atoms with Crippen molar-refractivity contribution in [1.29, 1.82) is 0 Å². The van der Waals surface area contributed by atoms with Crippen molar-refractivity contribution in [2.24, 2.45) is 0 Å². The zero-order chi connectivity index (χ0) is 22.8. The second-order valence-electron chi connectivity index (χ2n) is 8.16. The van der Waals surface area contributed by atoms with E-state index in [1.165, 1.54) is 0 Å². The lowest BCUT2D eigenvalue weighted by Gasteiger charge is -2.26. The van der Waals surface area contributed by atoms with Gasteiger partial charge in [0.05, 0.1) is 13.2 Å². The molecule has 33 heavy (non-hydrogen) atoms. The van der Waals surface area contributed by atoms with Crippen LogP contribution in [0.25, 0.3) is 11.1 Å². The van der Waals surface area contributed by atoms with Gasteiger partial charge in [0.15, 0.2) is 0 Å². The SMILES string of the molecule is O=C(c1ccc(-c2ccc3c(c2)CCN3C(=O)Nc2ccc(Cl)cc2)cc1)N1CCOCC1. The third-order valence-electron chi connectivity index (χ3n) is 6.08. The van der Waals surface area contributed by atoms with Crippen LogP contribution in [-0.4, -0.2) is 49.7 Å². The van der Waals surface area contributed by atoms with Gasteiger partial charge in [-0.15, -0.1) is 0 Å². The molecule has 0 radical (unpaired) electrons. The summed E-state index contributed by atoms with van der Waals surface area (Å²) in [4.78, 5) is 29.0. The van der Waals surface area contributed by atoms with Crippen LogP contribution in [0.3, 0.4) is 0 Å².